The summed E-state index contributed by atoms with van der Waals surface area (Å²) in [5, 5.41) is 4.56. The number of benzene rings is 1. The van der Waals surface area contributed by atoms with Crippen LogP contribution in [0, 0.1) is 13.8 Å². The third-order valence-corrected chi connectivity index (χ3v) is 5.01. The van der Waals surface area contributed by atoms with E-state index < -0.39 is 6.55 Å². The van der Waals surface area contributed by atoms with Crippen LogP contribution in [0.3, 0.4) is 0 Å². The van der Waals surface area contributed by atoms with Crippen LogP contribution >= 0.6 is 11.8 Å². The van der Waals surface area contributed by atoms with E-state index in [1.54, 1.807) is 28.8 Å². The van der Waals surface area contributed by atoms with E-state index in [1.165, 1.54) is 11.8 Å². The highest BCUT2D eigenvalue weighted by Gasteiger charge is 2.23. The first-order chi connectivity index (χ1) is 12.4. The van der Waals surface area contributed by atoms with Gasteiger partial charge in [0.15, 0.2) is 0 Å². The van der Waals surface area contributed by atoms with E-state index in [9.17, 15) is 8.78 Å². The number of aromatic nitrogens is 6. The van der Waals surface area contributed by atoms with Gasteiger partial charge in [0.1, 0.15) is 5.82 Å². The number of thioether (sulfide) groups is 1. The largest absolute Gasteiger partial charge is 0.320 e. The van der Waals surface area contributed by atoms with Crippen molar-refractivity contribution in [1.82, 2.24) is 29.1 Å². The van der Waals surface area contributed by atoms with Crippen LogP contribution in [0.4, 0.5) is 8.78 Å². The van der Waals surface area contributed by atoms with Crippen LogP contribution in [0.5, 0.6) is 0 Å². The predicted octanol–water partition coefficient (Wildman–Crippen LogP) is 4.34. The van der Waals surface area contributed by atoms with Gasteiger partial charge >= 0.3 is 6.55 Å². The molecule has 0 aliphatic carbocycles. The molecule has 26 heavy (non-hydrogen) atoms. The zero-order valence-corrected chi connectivity index (χ0v) is 15.2. The van der Waals surface area contributed by atoms with Crippen molar-refractivity contribution in [3.63, 3.8) is 0 Å². The molecule has 4 aromatic rings. The molecule has 0 amide bonds. The molecule has 3 aromatic heterocycles. The van der Waals surface area contributed by atoms with E-state index in [0.717, 1.165) is 16.0 Å². The zero-order chi connectivity index (χ0) is 18.4. The van der Waals surface area contributed by atoms with Crippen LogP contribution < -0.4 is 0 Å². The number of rotatable bonds is 4. The van der Waals surface area contributed by atoms with Crippen LogP contribution in [0.25, 0.3) is 16.8 Å². The van der Waals surface area contributed by atoms with E-state index >= 15 is 0 Å². The van der Waals surface area contributed by atoms with E-state index in [0.29, 0.717) is 27.8 Å². The number of hydrogen-bond donors (Lipinski definition) is 0. The minimum atomic E-state index is -2.67. The monoisotopic (exact) mass is 374 g/mol. The van der Waals surface area contributed by atoms with Gasteiger partial charge in [-0.15, -0.1) is 5.10 Å². The van der Waals surface area contributed by atoms with Gasteiger partial charge in [-0.2, -0.15) is 13.8 Å². The lowest BCUT2D eigenvalue weighted by Crippen LogP contribution is -2.06. The third kappa shape index (κ3) is 2.82. The molecule has 0 fully saturated rings. The van der Waals surface area contributed by atoms with Crippen LogP contribution in [-0.2, 0) is 0 Å². The minimum absolute atomic E-state index is 0.297. The van der Waals surface area contributed by atoms with E-state index in [4.69, 9.17) is 0 Å². The molecule has 4 rings (SSSR count). The second kappa shape index (κ2) is 6.31. The number of hydrogen-bond acceptors (Lipinski definition) is 5. The molecular formula is C17H16F2N6S. The Kier molecular flexibility index (Phi) is 4.10. The predicted molar refractivity (Wildman–Crippen MR) is 95.5 cm³/mol. The molecule has 0 N–H and O–H groups in total. The fraction of sp³-hybridized carbons (Fsp3) is 0.294. The van der Waals surface area contributed by atoms with Crippen molar-refractivity contribution in [1.29, 1.82) is 0 Å². The lowest BCUT2D eigenvalue weighted by Gasteiger charge is -2.12. The topological polar surface area (TPSA) is 60.9 Å². The Labute approximate surface area is 152 Å². The molecule has 134 valence electrons. The molecule has 1 atom stereocenters. The van der Waals surface area contributed by atoms with Gasteiger partial charge in [-0.1, -0.05) is 23.9 Å². The first-order valence-electron chi connectivity index (χ1n) is 8.06. The van der Waals surface area contributed by atoms with Crippen molar-refractivity contribution in [2.45, 2.75) is 37.7 Å². The lowest BCUT2D eigenvalue weighted by molar-refractivity contribution is 0.0715. The first kappa shape index (κ1) is 16.9. The SMILES string of the molecule is Cc1cc(C)n2nc(S[C@H](C)c3nc4ccccc4n3C(F)F)nc2n1. The van der Waals surface area contributed by atoms with Gasteiger partial charge in [0, 0.05) is 11.4 Å². The zero-order valence-electron chi connectivity index (χ0n) is 14.4. The van der Waals surface area contributed by atoms with Gasteiger partial charge in [0.25, 0.3) is 5.78 Å². The number of aryl methyl sites for hydroxylation is 2. The summed E-state index contributed by atoms with van der Waals surface area (Å²) in [7, 11) is 0. The summed E-state index contributed by atoms with van der Waals surface area (Å²) in [6.45, 7) is 2.97. The Bertz CT molecular complexity index is 1100. The first-order valence-corrected chi connectivity index (χ1v) is 8.94. The van der Waals surface area contributed by atoms with Crippen LogP contribution in [-0.4, -0.2) is 29.1 Å². The molecule has 1 aromatic carbocycles. The summed E-state index contributed by atoms with van der Waals surface area (Å²) in [6, 6.07) is 8.80. The maximum Gasteiger partial charge on any atom is 0.320 e. The van der Waals surface area contributed by atoms with Gasteiger partial charge in [-0.25, -0.2) is 14.5 Å². The number of nitrogens with zero attached hydrogens (tertiary/aromatic N) is 6. The van der Waals surface area contributed by atoms with E-state index in [2.05, 4.69) is 20.1 Å². The molecule has 0 radical (unpaired) electrons. The number of fused-ring (bicyclic) bond motifs is 2. The Balaban J connectivity index is 1.73. The molecule has 0 saturated carbocycles. The quantitative estimate of drug-likeness (QED) is 0.497. The third-order valence-electron chi connectivity index (χ3n) is 4.06. The molecule has 0 saturated heterocycles. The Hall–Kier alpha value is -2.55. The Morgan fingerprint density at radius 3 is 2.62 bits per heavy atom. The number of halogens is 2. The molecule has 0 unspecified atom stereocenters. The smallest absolute Gasteiger partial charge is 0.269 e. The second-order valence-electron chi connectivity index (χ2n) is 6.01. The molecular weight excluding hydrogens is 358 g/mol. The summed E-state index contributed by atoms with van der Waals surface area (Å²) in [5.74, 6) is 0.797. The van der Waals surface area contributed by atoms with Crippen molar-refractivity contribution >= 4 is 28.6 Å². The van der Waals surface area contributed by atoms with Gasteiger partial charge in [0.2, 0.25) is 5.16 Å². The highest BCUT2D eigenvalue weighted by Crippen LogP contribution is 2.36. The van der Waals surface area contributed by atoms with E-state index in [1.807, 2.05) is 26.8 Å². The maximum absolute atomic E-state index is 13.6. The summed E-state index contributed by atoms with van der Waals surface area (Å²) in [5.41, 5.74) is 2.73. The fourth-order valence-electron chi connectivity index (χ4n) is 2.96. The second-order valence-corrected chi connectivity index (χ2v) is 7.32. The molecule has 0 aliphatic rings. The standard InChI is InChI=1S/C17H16F2N6S/c1-9-8-10(2)25-16(20-9)22-17(23-25)26-11(3)14-21-12-6-4-5-7-13(12)24(14)15(18)19/h4-8,11,15H,1-3H3/t11-/m1/s1. The molecule has 0 aliphatic heterocycles. The molecule has 0 spiro atoms. The summed E-state index contributed by atoms with van der Waals surface area (Å²) >= 11 is 1.28. The Morgan fingerprint density at radius 1 is 1.08 bits per heavy atom. The Morgan fingerprint density at radius 2 is 1.85 bits per heavy atom. The fourth-order valence-corrected chi connectivity index (χ4v) is 3.81. The van der Waals surface area contributed by atoms with Gasteiger partial charge in [-0.3, -0.25) is 4.57 Å². The van der Waals surface area contributed by atoms with Crippen LogP contribution in [0.2, 0.25) is 0 Å². The molecule has 9 heteroatoms. The summed E-state index contributed by atoms with van der Waals surface area (Å²) < 4.78 is 29.9. The van der Waals surface area contributed by atoms with Gasteiger partial charge in [0.05, 0.1) is 16.3 Å². The molecule has 0 bridgehead atoms. The van der Waals surface area contributed by atoms with Crippen molar-refractivity contribution in [3.05, 3.63) is 47.5 Å². The summed E-state index contributed by atoms with van der Waals surface area (Å²) in [6.07, 6.45) is 0. The van der Waals surface area contributed by atoms with Crippen molar-refractivity contribution in [3.8, 4) is 0 Å². The summed E-state index contributed by atoms with van der Waals surface area (Å²) in [4.78, 5) is 13.2. The normalized spacial score (nSPS) is 13.2. The van der Waals surface area contributed by atoms with Crippen molar-refractivity contribution in [2.24, 2.45) is 0 Å². The number of imidazole rings is 1. The van der Waals surface area contributed by atoms with Gasteiger partial charge < -0.3 is 0 Å². The van der Waals surface area contributed by atoms with Crippen molar-refractivity contribution < 1.29 is 8.78 Å². The highest BCUT2D eigenvalue weighted by molar-refractivity contribution is 7.99. The average molecular weight is 374 g/mol. The maximum atomic E-state index is 13.6. The highest BCUT2D eigenvalue weighted by atomic mass is 32.2. The van der Waals surface area contributed by atoms with Crippen LogP contribution in [0.1, 0.15) is 35.9 Å². The molecule has 3 heterocycles. The number of alkyl halides is 2. The lowest BCUT2D eigenvalue weighted by atomic mass is 10.3. The minimum Gasteiger partial charge on any atom is -0.269 e. The van der Waals surface area contributed by atoms with Crippen molar-refractivity contribution in [2.75, 3.05) is 0 Å². The average Bonchev–Trinajstić information content (AvgIpc) is 3.15. The van der Waals surface area contributed by atoms with Gasteiger partial charge in [-0.05, 0) is 39.0 Å². The van der Waals surface area contributed by atoms with E-state index in [-0.39, 0.29) is 5.25 Å². The molecule has 6 nitrogen and oxygen atoms in total. The van der Waals surface area contributed by atoms with Crippen LogP contribution in [0.15, 0.2) is 35.5 Å². The number of para-hydroxylation sites is 2.